The zero-order valence-electron chi connectivity index (χ0n) is 11.6. The molecule has 114 valence electrons. The van der Waals surface area contributed by atoms with Crippen LogP contribution in [0.25, 0.3) is 0 Å². The number of halogens is 1. The van der Waals surface area contributed by atoms with Gasteiger partial charge in [-0.1, -0.05) is 24.4 Å². The lowest BCUT2D eigenvalue weighted by Gasteiger charge is -2.27. The topological polar surface area (TPSA) is 57.6 Å². The second-order valence-electron chi connectivity index (χ2n) is 5.10. The van der Waals surface area contributed by atoms with Crippen molar-refractivity contribution in [2.75, 3.05) is 12.3 Å². The highest BCUT2D eigenvalue weighted by molar-refractivity contribution is 8.00. The summed E-state index contributed by atoms with van der Waals surface area (Å²) in [6.07, 6.45) is 3.95. The van der Waals surface area contributed by atoms with Crippen LogP contribution < -0.4 is 0 Å². The zero-order chi connectivity index (χ0) is 15.2. The monoisotopic (exact) mass is 327 g/mol. The van der Waals surface area contributed by atoms with Crippen molar-refractivity contribution in [3.63, 3.8) is 0 Å². The summed E-state index contributed by atoms with van der Waals surface area (Å²) in [5, 5.41) is 9.65. The number of hydrogen-bond donors (Lipinski definition) is 1. The van der Waals surface area contributed by atoms with Gasteiger partial charge in [-0.25, -0.2) is 0 Å². The predicted octanol–water partition coefficient (Wildman–Crippen LogP) is 3.29. The number of carbonyl (C=O) groups is 2. The Balaban J connectivity index is 1.94. The second-order valence-corrected chi connectivity index (χ2v) is 6.58. The highest BCUT2D eigenvalue weighted by Gasteiger charge is 2.28. The number of thioether (sulfide) groups is 1. The van der Waals surface area contributed by atoms with Gasteiger partial charge in [-0.05, 0) is 37.1 Å². The van der Waals surface area contributed by atoms with Crippen molar-refractivity contribution in [1.82, 2.24) is 4.90 Å². The van der Waals surface area contributed by atoms with E-state index in [0.29, 0.717) is 5.02 Å². The van der Waals surface area contributed by atoms with Crippen molar-refractivity contribution in [2.24, 2.45) is 0 Å². The molecule has 0 spiro atoms. The van der Waals surface area contributed by atoms with E-state index >= 15 is 0 Å². The van der Waals surface area contributed by atoms with E-state index in [1.54, 1.807) is 12.1 Å². The van der Waals surface area contributed by atoms with E-state index in [0.717, 1.165) is 30.6 Å². The highest BCUT2D eigenvalue weighted by atomic mass is 35.5. The number of carbonyl (C=O) groups excluding carboxylic acids is 1. The molecule has 0 unspecified atom stereocenters. The van der Waals surface area contributed by atoms with E-state index in [1.807, 2.05) is 12.1 Å². The van der Waals surface area contributed by atoms with Crippen LogP contribution in [-0.2, 0) is 9.59 Å². The van der Waals surface area contributed by atoms with Crippen LogP contribution in [-0.4, -0.2) is 40.2 Å². The molecule has 4 nitrogen and oxygen atoms in total. The Bertz CT molecular complexity index is 500. The number of benzene rings is 1. The first-order chi connectivity index (χ1) is 10.1. The number of nitrogens with zero attached hydrogens (tertiary/aromatic N) is 1. The molecule has 1 aliphatic rings. The SMILES string of the molecule is O=C(O)CN(C(=O)CSc1ccc(Cl)cc1)C1CCCC1. The van der Waals surface area contributed by atoms with Gasteiger partial charge in [0.2, 0.25) is 5.91 Å². The van der Waals surface area contributed by atoms with E-state index in [-0.39, 0.29) is 24.2 Å². The Morgan fingerprint density at radius 1 is 1.24 bits per heavy atom. The molecule has 6 heteroatoms. The number of hydrogen-bond acceptors (Lipinski definition) is 3. The van der Waals surface area contributed by atoms with E-state index in [2.05, 4.69) is 0 Å². The minimum absolute atomic E-state index is 0.0828. The molecule has 1 aliphatic carbocycles. The highest BCUT2D eigenvalue weighted by Crippen LogP contribution is 2.25. The van der Waals surface area contributed by atoms with Crippen LogP contribution in [0.2, 0.25) is 5.02 Å². The largest absolute Gasteiger partial charge is 0.480 e. The molecule has 0 saturated heterocycles. The summed E-state index contributed by atoms with van der Waals surface area (Å²) < 4.78 is 0. The van der Waals surface area contributed by atoms with Gasteiger partial charge in [-0.2, -0.15) is 0 Å². The molecule has 1 aromatic carbocycles. The van der Waals surface area contributed by atoms with Crippen molar-refractivity contribution < 1.29 is 14.7 Å². The number of carboxylic acids is 1. The summed E-state index contributed by atoms with van der Waals surface area (Å²) in [6, 6.07) is 7.36. The molecule has 0 bridgehead atoms. The smallest absolute Gasteiger partial charge is 0.323 e. The lowest BCUT2D eigenvalue weighted by atomic mass is 10.2. The van der Waals surface area contributed by atoms with Crippen molar-refractivity contribution >= 4 is 35.2 Å². The van der Waals surface area contributed by atoms with E-state index in [1.165, 1.54) is 16.7 Å². The lowest BCUT2D eigenvalue weighted by molar-refractivity contribution is -0.145. The number of aliphatic carboxylic acids is 1. The van der Waals surface area contributed by atoms with E-state index in [4.69, 9.17) is 16.7 Å². The standard InChI is InChI=1S/C15H18ClNO3S/c16-11-5-7-13(8-6-11)21-10-14(18)17(9-15(19)20)12-3-1-2-4-12/h5-8,12H,1-4,9-10H2,(H,19,20). The van der Waals surface area contributed by atoms with Crippen LogP contribution in [0.4, 0.5) is 0 Å². The molecule has 0 heterocycles. The maximum Gasteiger partial charge on any atom is 0.323 e. The Labute approximate surface area is 133 Å². The number of carboxylic acid groups (broad SMARTS) is 1. The van der Waals surface area contributed by atoms with Gasteiger partial charge in [0.05, 0.1) is 5.75 Å². The third-order valence-electron chi connectivity index (χ3n) is 3.57. The predicted molar refractivity (Wildman–Crippen MR) is 83.8 cm³/mol. The van der Waals surface area contributed by atoms with Crippen molar-refractivity contribution in [2.45, 2.75) is 36.6 Å². The van der Waals surface area contributed by atoms with Crippen LogP contribution in [0.1, 0.15) is 25.7 Å². The first-order valence-electron chi connectivity index (χ1n) is 6.96. The molecule has 1 amide bonds. The van der Waals surface area contributed by atoms with Gasteiger partial charge in [-0.15, -0.1) is 11.8 Å². The summed E-state index contributed by atoms with van der Waals surface area (Å²) >= 11 is 7.23. The van der Waals surface area contributed by atoms with Crippen LogP contribution in [0.5, 0.6) is 0 Å². The van der Waals surface area contributed by atoms with Crippen LogP contribution in [0, 0.1) is 0 Å². The summed E-state index contributed by atoms with van der Waals surface area (Å²) in [5.41, 5.74) is 0. The molecular weight excluding hydrogens is 310 g/mol. The third kappa shape index (κ3) is 4.93. The molecule has 1 saturated carbocycles. The summed E-state index contributed by atoms with van der Waals surface area (Å²) in [4.78, 5) is 25.8. The Hall–Kier alpha value is -1.20. The molecule has 1 fully saturated rings. The Morgan fingerprint density at radius 3 is 2.43 bits per heavy atom. The molecule has 21 heavy (non-hydrogen) atoms. The maximum absolute atomic E-state index is 12.3. The lowest BCUT2D eigenvalue weighted by Crippen LogP contribution is -2.43. The van der Waals surface area contributed by atoms with Gasteiger partial charge in [0.25, 0.3) is 0 Å². The fourth-order valence-corrected chi connectivity index (χ4v) is 3.45. The second kappa shape index (κ2) is 7.71. The van der Waals surface area contributed by atoms with Crippen LogP contribution >= 0.6 is 23.4 Å². The van der Waals surface area contributed by atoms with Gasteiger partial charge >= 0.3 is 5.97 Å². The van der Waals surface area contributed by atoms with Crippen LogP contribution in [0.15, 0.2) is 29.2 Å². The molecule has 0 atom stereocenters. The average molecular weight is 328 g/mol. The van der Waals surface area contributed by atoms with E-state index in [9.17, 15) is 9.59 Å². The van der Waals surface area contributed by atoms with Gasteiger partial charge in [0.15, 0.2) is 0 Å². The number of rotatable bonds is 6. The van der Waals surface area contributed by atoms with Crippen molar-refractivity contribution in [3.8, 4) is 0 Å². The molecule has 1 N–H and O–H groups in total. The van der Waals surface area contributed by atoms with Gasteiger partial charge in [0, 0.05) is 16.0 Å². The van der Waals surface area contributed by atoms with Gasteiger partial charge in [-0.3, -0.25) is 9.59 Å². The van der Waals surface area contributed by atoms with E-state index < -0.39 is 5.97 Å². The molecule has 0 radical (unpaired) electrons. The normalized spacial score (nSPS) is 15.1. The van der Waals surface area contributed by atoms with Crippen molar-refractivity contribution in [1.29, 1.82) is 0 Å². The minimum atomic E-state index is -0.952. The first-order valence-corrected chi connectivity index (χ1v) is 8.32. The molecular formula is C15H18ClNO3S. The fourth-order valence-electron chi connectivity index (χ4n) is 2.54. The summed E-state index contributed by atoms with van der Waals surface area (Å²) in [7, 11) is 0. The van der Waals surface area contributed by atoms with Crippen molar-refractivity contribution in [3.05, 3.63) is 29.3 Å². The summed E-state index contributed by atoms with van der Waals surface area (Å²) in [6.45, 7) is -0.204. The first kappa shape index (κ1) is 16.2. The Kier molecular flexibility index (Phi) is 5.94. The van der Waals surface area contributed by atoms with Gasteiger partial charge < -0.3 is 10.0 Å². The molecule has 2 rings (SSSR count). The van der Waals surface area contributed by atoms with Crippen LogP contribution in [0.3, 0.4) is 0 Å². The Morgan fingerprint density at radius 2 is 1.86 bits per heavy atom. The zero-order valence-corrected chi connectivity index (χ0v) is 13.2. The number of amides is 1. The fraction of sp³-hybridized carbons (Fsp3) is 0.467. The maximum atomic E-state index is 12.3. The quantitative estimate of drug-likeness (QED) is 0.815. The average Bonchev–Trinajstić information content (AvgIpc) is 2.97. The minimum Gasteiger partial charge on any atom is -0.480 e. The molecule has 1 aromatic rings. The van der Waals surface area contributed by atoms with Gasteiger partial charge in [0.1, 0.15) is 6.54 Å². The summed E-state index contributed by atoms with van der Waals surface area (Å²) in [5.74, 6) is -0.804. The third-order valence-corrected chi connectivity index (χ3v) is 4.82. The molecule has 0 aliphatic heterocycles. The molecule has 0 aromatic heterocycles.